The molecule has 2 rings (SSSR count). The van der Waals surface area contributed by atoms with Crippen LogP contribution in [0.2, 0.25) is 0 Å². The van der Waals surface area contributed by atoms with Crippen molar-refractivity contribution in [1.29, 1.82) is 0 Å². The highest BCUT2D eigenvalue weighted by molar-refractivity contribution is 7.99. The minimum atomic E-state index is 0.477. The van der Waals surface area contributed by atoms with Crippen LogP contribution in [0.5, 0.6) is 0 Å². The first-order chi connectivity index (χ1) is 8.04. The van der Waals surface area contributed by atoms with Crippen molar-refractivity contribution in [3.8, 4) is 0 Å². The highest BCUT2D eigenvalue weighted by atomic mass is 32.2. The van der Waals surface area contributed by atoms with Crippen LogP contribution in [0.1, 0.15) is 33.1 Å². The Morgan fingerprint density at radius 1 is 1.35 bits per heavy atom. The topological polar surface area (TPSA) is 15.3 Å². The second-order valence-electron chi connectivity index (χ2n) is 6.51. The van der Waals surface area contributed by atoms with E-state index >= 15 is 0 Å². The van der Waals surface area contributed by atoms with Crippen molar-refractivity contribution in [2.24, 2.45) is 11.3 Å². The molecule has 0 amide bonds. The molecule has 0 aromatic carbocycles. The van der Waals surface area contributed by atoms with Gasteiger partial charge in [0.2, 0.25) is 0 Å². The number of nitrogens with zero attached hydrogens (tertiary/aromatic N) is 1. The predicted molar refractivity (Wildman–Crippen MR) is 77.7 cm³/mol. The number of hydrogen-bond donors (Lipinski definition) is 1. The van der Waals surface area contributed by atoms with E-state index in [1.54, 1.807) is 0 Å². The minimum Gasteiger partial charge on any atom is -0.316 e. The van der Waals surface area contributed by atoms with Gasteiger partial charge in [0.15, 0.2) is 0 Å². The van der Waals surface area contributed by atoms with Crippen molar-refractivity contribution < 1.29 is 0 Å². The molecule has 0 spiro atoms. The highest BCUT2D eigenvalue weighted by Crippen LogP contribution is 2.41. The summed E-state index contributed by atoms with van der Waals surface area (Å²) in [7, 11) is 4.46. The van der Waals surface area contributed by atoms with E-state index in [2.05, 4.69) is 49.9 Å². The van der Waals surface area contributed by atoms with E-state index in [4.69, 9.17) is 0 Å². The molecule has 17 heavy (non-hydrogen) atoms. The number of hydrogen-bond acceptors (Lipinski definition) is 3. The number of rotatable bonds is 4. The quantitative estimate of drug-likeness (QED) is 0.832. The Morgan fingerprint density at radius 2 is 2.12 bits per heavy atom. The molecule has 3 unspecified atom stereocenters. The average molecular weight is 256 g/mol. The third kappa shape index (κ3) is 2.99. The fraction of sp³-hybridized carbons (Fsp3) is 1.00. The van der Waals surface area contributed by atoms with Gasteiger partial charge in [0.05, 0.1) is 0 Å². The Bertz CT molecular complexity index is 249. The summed E-state index contributed by atoms with van der Waals surface area (Å²) in [5.74, 6) is 3.54. The van der Waals surface area contributed by atoms with E-state index in [1.807, 2.05) is 0 Å². The van der Waals surface area contributed by atoms with Crippen LogP contribution >= 0.6 is 11.8 Å². The van der Waals surface area contributed by atoms with Gasteiger partial charge in [-0.05, 0) is 50.4 Å². The summed E-state index contributed by atoms with van der Waals surface area (Å²) in [5, 5.41) is 3.57. The Labute approximate surface area is 111 Å². The van der Waals surface area contributed by atoms with Crippen molar-refractivity contribution in [2.45, 2.75) is 45.2 Å². The van der Waals surface area contributed by atoms with E-state index < -0.39 is 0 Å². The normalized spacial score (nSPS) is 36.9. The van der Waals surface area contributed by atoms with Crippen molar-refractivity contribution in [3.63, 3.8) is 0 Å². The maximum absolute atomic E-state index is 3.57. The minimum absolute atomic E-state index is 0.477. The third-order valence-electron chi connectivity index (χ3n) is 4.84. The zero-order valence-electron chi connectivity index (χ0n) is 11.8. The van der Waals surface area contributed by atoms with Gasteiger partial charge in [-0.15, -0.1) is 0 Å². The van der Waals surface area contributed by atoms with Crippen LogP contribution in [0.4, 0.5) is 0 Å². The molecule has 1 saturated heterocycles. The first-order valence-electron chi connectivity index (χ1n) is 7.00. The van der Waals surface area contributed by atoms with Crippen LogP contribution in [0.25, 0.3) is 0 Å². The van der Waals surface area contributed by atoms with Crippen molar-refractivity contribution >= 4 is 11.8 Å². The summed E-state index contributed by atoms with van der Waals surface area (Å²) >= 11 is 2.12. The molecule has 1 heterocycles. The summed E-state index contributed by atoms with van der Waals surface area (Å²) in [6, 6.07) is 1.53. The molecular weight excluding hydrogens is 228 g/mol. The van der Waals surface area contributed by atoms with Gasteiger partial charge in [-0.25, -0.2) is 0 Å². The van der Waals surface area contributed by atoms with Crippen LogP contribution in [0.15, 0.2) is 0 Å². The molecule has 2 aliphatic rings. The van der Waals surface area contributed by atoms with Crippen LogP contribution in [0.3, 0.4) is 0 Å². The van der Waals surface area contributed by atoms with Crippen molar-refractivity contribution in [1.82, 2.24) is 10.2 Å². The summed E-state index contributed by atoms with van der Waals surface area (Å²) in [4.78, 5) is 2.62. The summed E-state index contributed by atoms with van der Waals surface area (Å²) in [6.07, 6.45) is 4.15. The summed E-state index contributed by atoms with van der Waals surface area (Å²) in [6.45, 7) is 6.11. The molecule has 0 radical (unpaired) electrons. The number of nitrogens with one attached hydrogen (secondary N) is 1. The second-order valence-corrected chi connectivity index (χ2v) is 7.66. The largest absolute Gasteiger partial charge is 0.316 e. The van der Waals surface area contributed by atoms with Gasteiger partial charge in [0.25, 0.3) is 0 Å². The van der Waals surface area contributed by atoms with E-state index in [-0.39, 0.29) is 0 Å². The lowest BCUT2D eigenvalue weighted by molar-refractivity contribution is 0.183. The Hall–Kier alpha value is 0.270. The smallest absolute Gasteiger partial charge is 0.0191 e. The standard InChI is InChI=1S/C14H28N2S/c1-14(2)7-5-11(13(14)15-3)9-16(4)12-6-8-17-10-12/h11-13,15H,5-10H2,1-4H3. The van der Waals surface area contributed by atoms with Gasteiger partial charge >= 0.3 is 0 Å². The van der Waals surface area contributed by atoms with Gasteiger partial charge in [0, 0.05) is 24.4 Å². The van der Waals surface area contributed by atoms with E-state index in [0.717, 1.165) is 12.0 Å². The molecular formula is C14H28N2S. The molecule has 1 N–H and O–H groups in total. The molecule has 100 valence electrons. The van der Waals surface area contributed by atoms with Gasteiger partial charge in [0.1, 0.15) is 0 Å². The zero-order chi connectivity index (χ0) is 12.5. The Balaban J connectivity index is 1.90. The van der Waals surface area contributed by atoms with Crippen LogP contribution in [-0.4, -0.2) is 49.1 Å². The fourth-order valence-corrected chi connectivity index (χ4v) is 5.03. The van der Waals surface area contributed by atoms with Crippen LogP contribution in [-0.2, 0) is 0 Å². The average Bonchev–Trinajstić information content (AvgIpc) is 2.86. The SMILES string of the molecule is CNC1C(CN(C)C2CCSC2)CCC1(C)C. The first kappa shape index (κ1) is 13.7. The molecule has 0 aromatic rings. The highest BCUT2D eigenvalue weighted by Gasteiger charge is 2.41. The molecule has 1 aliphatic heterocycles. The van der Waals surface area contributed by atoms with Gasteiger partial charge < -0.3 is 10.2 Å². The van der Waals surface area contributed by atoms with Gasteiger partial charge in [-0.2, -0.15) is 11.8 Å². The summed E-state index contributed by atoms with van der Waals surface area (Å²) in [5.41, 5.74) is 0.477. The molecule has 1 saturated carbocycles. The Morgan fingerprint density at radius 3 is 2.71 bits per heavy atom. The van der Waals surface area contributed by atoms with Crippen LogP contribution < -0.4 is 5.32 Å². The Kier molecular flexibility index (Phi) is 4.43. The molecule has 3 atom stereocenters. The monoisotopic (exact) mass is 256 g/mol. The molecule has 0 aromatic heterocycles. The maximum atomic E-state index is 3.57. The van der Waals surface area contributed by atoms with Gasteiger partial charge in [-0.1, -0.05) is 13.8 Å². The van der Waals surface area contributed by atoms with Crippen molar-refractivity contribution in [3.05, 3.63) is 0 Å². The molecule has 3 heteroatoms. The zero-order valence-corrected chi connectivity index (χ0v) is 12.6. The molecule has 2 fully saturated rings. The first-order valence-corrected chi connectivity index (χ1v) is 8.15. The lowest BCUT2D eigenvalue weighted by Gasteiger charge is -2.34. The number of thioether (sulfide) groups is 1. The van der Waals surface area contributed by atoms with Crippen LogP contribution in [0, 0.1) is 11.3 Å². The van der Waals surface area contributed by atoms with Gasteiger partial charge in [-0.3, -0.25) is 0 Å². The second kappa shape index (κ2) is 5.50. The maximum Gasteiger partial charge on any atom is 0.0191 e. The molecule has 2 nitrogen and oxygen atoms in total. The fourth-order valence-electron chi connectivity index (χ4n) is 3.73. The molecule has 0 bridgehead atoms. The lowest BCUT2D eigenvalue weighted by atomic mass is 9.85. The lowest BCUT2D eigenvalue weighted by Crippen LogP contribution is -2.45. The van der Waals surface area contributed by atoms with E-state index in [1.165, 1.54) is 37.3 Å². The van der Waals surface area contributed by atoms with E-state index in [0.29, 0.717) is 11.5 Å². The molecule has 1 aliphatic carbocycles. The van der Waals surface area contributed by atoms with E-state index in [9.17, 15) is 0 Å². The van der Waals surface area contributed by atoms with Crippen molar-refractivity contribution in [2.75, 3.05) is 32.1 Å². The summed E-state index contributed by atoms with van der Waals surface area (Å²) < 4.78 is 0. The third-order valence-corrected chi connectivity index (χ3v) is 5.98. The predicted octanol–water partition coefficient (Wildman–Crippen LogP) is 2.45.